The third kappa shape index (κ3) is 3.33. The molecule has 4 rings (SSSR count). The SMILES string of the molecule is CCCCC(=O)O[C@]1(C(=O)C(O)O)CC[C@H]2[C@@H]3CCC4=CC(=O)C=C[C@]4(C)[C@H]3CC[C@@]21C. The highest BCUT2D eigenvalue weighted by atomic mass is 16.6. The number of ether oxygens (including phenoxy) is 1. The molecule has 0 saturated heterocycles. The first-order valence-corrected chi connectivity index (χ1v) is 12.2. The van der Waals surface area contributed by atoms with Crippen molar-refractivity contribution >= 4 is 17.5 Å². The second kappa shape index (κ2) is 8.21. The molecule has 6 heteroatoms. The molecule has 0 aromatic heterocycles. The van der Waals surface area contributed by atoms with Crippen LogP contribution in [0.15, 0.2) is 23.8 Å². The number of rotatable bonds is 6. The summed E-state index contributed by atoms with van der Waals surface area (Å²) in [4.78, 5) is 37.8. The maximum Gasteiger partial charge on any atom is 0.306 e. The largest absolute Gasteiger partial charge is 0.450 e. The van der Waals surface area contributed by atoms with Gasteiger partial charge in [0, 0.05) is 17.3 Å². The van der Waals surface area contributed by atoms with Gasteiger partial charge >= 0.3 is 5.97 Å². The fraction of sp³-hybridized carbons (Fsp3) is 0.731. The minimum absolute atomic E-state index is 0.0537. The van der Waals surface area contributed by atoms with Gasteiger partial charge in [0.25, 0.3) is 0 Å². The van der Waals surface area contributed by atoms with Crippen molar-refractivity contribution in [1.82, 2.24) is 0 Å². The summed E-state index contributed by atoms with van der Waals surface area (Å²) in [6, 6.07) is 0. The summed E-state index contributed by atoms with van der Waals surface area (Å²) in [5.41, 5.74) is -1.09. The maximum atomic E-state index is 13.2. The molecule has 0 radical (unpaired) electrons. The van der Waals surface area contributed by atoms with Crippen molar-refractivity contribution in [1.29, 1.82) is 0 Å². The highest BCUT2D eigenvalue weighted by Crippen LogP contribution is 2.68. The molecule has 0 unspecified atom stereocenters. The highest BCUT2D eigenvalue weighted by molar-refractivity contribution is 6.01. The zero-order valence-corrected chi connectivity index (χ0v) is 19.4. The van der Waals surface area contributed by atoms with Crippen LogP contribution in [0.1, 0.15) is 78.6 Å². The van der Waals surface area contributed by atoms with Crippen molar-refractivity contribution in [3.05, 3.63) is 23.8 Å². The summed E-state index contributed by atoms with van der Waals surface area (Å²) in [5.74, 6) is -0.333. The van der Waals surface area contributed by atoms with Gasteiger partial charge in [0.15, 0.2) is 11.4 Å². The molecule has 3 saturated carbocycles. The molecule has 32 heavy (non-hydrogen) atoms. The van der Waals surface area contributed by atoms with Crippen molar-refractivity contribution in [2.45, 2.75) is 90.4 Å². The smallest absolute Gasteiger partial charge is 0.306 e. The lowest BCUT2D eigenvalue weighted by molar-refractivity contribution is -0.202. The lowest BCUT2D eigenvalue weighted by Crippen LogP contribution is -2.61. The van der Waals surface area contributed by atoms with E-state index in [0.29, 0.717) is 31.1 Å². The standard InChI is InChI=1S/C26H36O6/c1-4-5-6-21(28)32-26(22(29)23(30)31)14-11-20-18-8-7-16-15-17(27)9-12-24(16,2)19(18)10-13-25(20,26)3/h9,12,15,18-20,23,30-31H,4-8,10-11,13-14H2,1-3H3/t18-,19+,20+,24+,25+,26+/m1/s1. The van der Waals surface area contributed by atoms with Gasteiger partial charge in [-0.3, -0.25) is 14.4 Å². The van der Waals surface area contributed by atoms with Crippen molar-refractivity contribution in [3.63, 3.8) is 0 Å². The van der Waals surface area contributed by atoms with Crippen LogP contribution in [0.25, 0.3) is 0 Å². The number of allylic oxidation sites excluding steroid dienone is 4. The fourth-order valence-corrected chi connectivity index (χ4v) is 7.59. The minimum Gasteiger partial charge on any atom is -0.450 e. The molecule has 0 heterocycles. The predicted octanol–water partition coefficient (Wildman–Crippen LogP) is 3.65. The Balaban J connectivity index is 1.68. The van der Waals surface area contributed by atoms with E-state index >= 15 is 0 Å². The summed E-state index contributed by atoms with van der Waals surface area (Å²) < 4.78 is 5.94. The topological polar surface area (TPSA) is 101 Å². The molecule has 176 valence electrons. The third-order valence-corrected chi connectivity index (χ3v) is 9.33. The Hall–Kier alpha value is -1.79. The normalized spacial score (nSPS) is 40.4. The number of esters is 1. The fourth-order valence-electron chi connectivity index (χ4n) is 7.59. The Labute approximate surface area is 190 Å². The van der Waals surface area contributed by atoms with Crippen molar-refractivity contribution < 1.29 is 29.3 Å². The number of aliphatic hydroxyl groups excluding tert-OH is 1. The quantitative estimate of drug-likeness (QED) is 0.479. The molecule has 6 nitrogen and oxygen atoms in total. The lowest BCUT2D eigenvalue weighted by atomic mass is 9.47. The lowest BCUT2D eigenvalue weighted by Gasteiger charge is -2.58. The van der Waals surface area contributed by atoms with Crippen LogP contribution >= 0.6 is 0 Å². The van der Waals surface area contributed by atoms with E-state index in [9.17, 15) is 24.6 Å². The molecule has 2 N–H and O–H groups in total. The molecular weight excluding hydrogens is 408 g/mol. The van der Waals surface area contributed by atoms with E-state index in [2.05, 4.69) is 13.0 Å². The van der Waals surface area contributed by atoms with E-state index in [1.165, 1.54) is 5.57 Å². The first-order valence-electron chi connectivity index (χ1n) is 12.2. The molecule has 0 bridgehead atoms. The molecule has 0 aliphatic heterocycles. The van der Waals surface area contributed by atoms with Gasteiger partial charge in [-0.15, -0.1) is 0 Å². The van der Waals surface area contributed by atoms with Crippen LogP contribution < -0.4 is 0 Å². The van der Waals surface area contributed by atoms with Gasteiger partial charge in [0.2, 0.25) is 12.1 Å². The number of hydrogen-bond acceptors (Lipinski definition) is 6. The van der Waals surface area contributed by atoms with Gasteiger partial charge in [-0.1, -0.05) is 38.8 Å². The number of ketones is 2. The van der Waals surface area contributed by atoms with E-state index in [-0.39, 0.29) is 23.5 Å². The molecule has 0 aromatic carbocycles. The molecule has 0 amide bonds. The van der Waals surface area contributed by atoms with Crippen molar-refractivity contribution in [3.8, 4) is 0 Å². The van der Waals surface area contributed by atoms with Gasteiger partial charge in [-0.25, -0.2) is 0 Å². The second-order valence-corrected chi connectivity index (χ2v) is 10.7. The second-order valence-electron chi connectivity index (χ2n) is 10.7. The molecule has 0 aromatic rings. The number of unbranched alkanes of at least 4 members (excludes halogenated alkanes) is 1. The Morgan fingerprint density at radius 2 is 1.88 bits per heavy atom. The van der Waals surface area contributed by atoms with E-state index in [1.54, 1.807) is 12.2 Å². The summed E-state index contributed by atoms with van der Waals surface area (Å²) >= 11 is 0. The number of Topliss-reactive ketones (excluding diaryl/α,β-unsaturated/α-hetero) is 1. The number of aliphatic hydroxyl groups is 2. The van der Waals surface area contributed by atoms with Gasteiger partial charge in [0.05, 0.1) is 0 Å². The van der Waals surface area contributed by atoms with E-state index in [1.807, 2.05) is 13.8 Å². The molecule has 4 aliphatic rings. The van der Waals surface area contributed by atoms with Crippen LogP contribution in [0.5, 0.6) is 0 Å². The average molecular weight is 445 g/mol. The first kappa shape index (κ1) is 23.4. The van der Waals surface area contributed by atoms with Crippen LogP contribution in [0.4, 0.5) is 0 Å². The summed E-state index contributed by atoms with van der Waals surface area (Å²) in [6.45, 7) is 6.22. The van der Waals surface area contributed by atoms with Crippen LogP contribution in [0.2, 0.25) is 0 Å². The zero-order chi connectivity index (χ0) is 23.3. The van der Waals surface area contributed by atoms with E-state index in [4.69, 9.17) is 4.74 Å². The maximum absolute atomic E-state index is 13.2. The number of hydrogen-bond donors (Lipinski definition) is 2. The Kier molecular flexibility index (Phi) is 6.00. The molecule has 6 atom stereocenters. The summed E-state index contributed by atoms with van der Waals surface area (Å²) in [6.07, 6.45) is 9.47. The van der Waals surface area contributed by atoms with Crippen LogP contribution in [-0.4, -0.2) is 39.6 Å². The first-order chi connectivity index (χ1) is 15.1. The van der Waals surface area contributed by atoms with E-state index in [0.717, 1.165) is 32.1 Å². The molecule has 4 aliphatic carbocycles. The predicted molar refractivity (Wildman–Crippen MR) is 118 cm³/mol. The Morgan fingerprint density at radius 1 is 1.16 bits per heavy atom. The van der Waals surface area contributed by atoms with Gasteiger partial charge in [-0.2, -0.15) is 0 Å². The zero-order valence-electron chi connectivity index (χ0n) is 19.4. The monoisotopic (exact) mass is 444 g/mol. The third-order valence-electron chi connectivity index (χ3n) is 9.33. The van der Waals surface area contributed by atoms with Crippen molar-refractivity contribution in [2.75, 3.05) is 0 Å². The van der Waals surface area contributed by atoms with Crippen LogP contribution in [0, 0.1) is 28.6 Å². The van der Waals surface area contributed by atoms with Gasteiger partial charge in [0.1, 0.15) is 0 Å². The number of fused-ring (bicyclic) bond motifs is 5. The molecule has 3 fully saturated rings. The van der Waals surface area contributed by atoms with Crippen LogP contribution in [-0.2, 0) is 19.1 Å². The number of carbonyl (C=O) groups excluding carboxylic acids is 3. The summed E-state index contributed by atoms with van der Waals surface area (Å²) in [7, 11) is 0. The van der Waals surface area contributed by atoms with E-state index < -0.39 is 29.1 Å². The average Bonchev–Trinajstić information content (AvgIpc) is 3.05. The van der Waals surface area contributed by atoms with Gasteiger partial charge < -0.3 is 14.9 Å². The van der Waals surface area contributed by atoms with Gasteiger partial charge in [-0.05, 0) is 74.9 Å². The summed E-state index contributed by atoms with van der Waals surface area (Å²) in [5, 5.41) is 19.7. The molecular formula is C26H36O6. The Bertz CT molecular complexity index is 872. The minimum atomic E-state index is -2.16. The van der Waals surface area contributed by atoms with Crippen molar-refractivity contribution in [2.24, 2.45) is 28.6 Å². The van der Waals surface area contributed by atoms with Crippen LogP contribution in [0.3, 0.4) is 0 Å². The molecule has 0 spiro atoms. The highest BCUT2D eigenvalue weighted by Gasteiger charge is 2.69. The number of carbonyl (C=O) groups is 3. The Morgan fingerprint density at radius 3 is 2.56 bits per heavy atom.